The first-order valence-electron chi connectivity index (χ1n) is 9.58. The van der Waals surface area contributed by atoms with Crippen LogP contribution in [0.1, 0.15) is 41.4 Å². The van der Waals surface area contributed by atoms with Gasteiger partial charge in [0, 0.05) is 42.9 Å². The summed E-state index contributed by atoms with van der Waals surface area (Å²) in [7, 11) is 1.65. The van der Waals surface area contributed by atoms with Gasteiger partial charge < -0.3 is 9.72 Å². The molecule has 0 unspecified atom stereocenters. The third kappa shape index (κ3) is 3.27. The summed E-state index contributed by atoms with van der Waals surface area (Å²) in [6.45, 7) is 2.07. The molecule has 6 nitrogen and oxygen atoms in total. The molecule has 0 atom stereocenters. The summed E-state index contributed by atoms with van der Waals surface area (Å²) in [6, 6.07) is 7.80. The molecule has 5 rings (SSSR count). The zero-order valence-corrected chi connectivity index (χ0v) is 16.4. The number of rotatable bonds is 4. The molecule has 28 heavy (non-hydrogen) atoms. The van der Waals surface area contributed by atoms with E-state index in [4.69, 9.17) is 21.3 Å². The maximum absolute atomic E-state index is 12.6. The van der Waals surface area contributed by atoms with Crippen LogP contribution in [0, 0.1) is 0 Å². The zero-order chi connectivity index (χ0) is 19.3. The molecule has 1 aromatic carbocycles. The van der Waals surface area contributed by atoms with Crippen molar-refractivity contribution in [1.29, 1.82) is 0 Å². The van der Waals surface area contributed by atoms with Gasteiger partial charge in [-0.15, -0.1) is 0 Å². The number of halogens is 1. The van der Waals surface area contributed by atoms with Crippen molar-refractivity contribution in [3.8, 4) is 5.75 Å². The van der Waals surface area contributed by atoms with E-state index in [0.29, 0.717) is 24.2 Å². The van der Waals surface area contributed by atoms with Crippen molar-refractivity contribution >= 4 is 22.5 Å². The number of benzene rings is 1. The van der Waals surface area contributed by atoms with Crippen molar-refractivity contribution in [3.63, 3.8) is 0 Å². The number of pyridine rings is 1. The summed E-state index contributed by atoms with van der Waals surface area (Å²) < 4.78 is 5.31. The second-order valence-electron chi connectivity index (χ2n) is 7.61. The molecule has 1 fully saturated rings. The number of aromatic nitrogens is 3. The Kier molecular flexibility index (Phi) is 4.33. The van der Waals surface area contributed by atoms with Crippen LogP contribution in [0.5, 0.6) is 5.75 Å². The monoisotopic (exact) mass is 396 g/mol. The minimum Gasteiger partial charge on any atom is -0.497 e. The van der Waals surface area contributed by atoms with E-state index >= 15 is 0 Å². The van der Waals surface area contributed by atoms with E-state index in [1.54, 1.807) is 7.11 Å². The third-order valence-corrected chi connectivity index (χ3v) is 5.90. The molecular weight excluding hydrogens is 376 g/mol. The normalized spacial score (nSPS) is 16.9. The maximum atomic E-state index is 12.6. The standard InChI is InChI=1S/C21H21ClN4O2/c1-28-15-4-5-17-13(9-15)8-14(19(22)23-17)10-26-7-6-18-16(11-26)21(27)25-20(24-18)12-2-3-12/h4-5,8-9,12H,2-3,6-7,10-11H2,1H3,(H,24,25,27). The average Bonchev–Trinajstić information content (AvgIpc) is 3.54. The van der Waals surface area contributed by atoms with Gasteiger partial charge in [0.15, 0.2) is 0 Å². The molecule has 2 aliphatic rings. The molecule has 1 saturated carbocycles. The van der Waals surface area contributed by atoms with Crippen molar-refractivity contribution in [2.24, 2.45) is 0 Å². The van der Waals surface area contributed by atoms with Crippen LogP contribution in [-0.2, 0) is 19.5 Å². The van der Waals surface area contributed by atoms with Crippen molar-refractivity contribution in [2.75, 3.05) is 13.7 Å². The first-order chi connectivity index (χ1) is 13.6. The SMILES string of the molecule is COc1ccc2nc(Cl)c(CN3CCc4nc(C5CC5)[nH]c(=O)c4C3)cc2c1. The van der Waals surface area contributed by atoms with Gasteiger partial charge in [0.2, 0.25) is 0 Å². The molecule has 0 saturated heterocycles. The van der Waals surface area contributed by atoms with Crippen molar-refractivity contribution < 1.29 is 4.74 Å². The van der Waals surface area contributed by atoms with Crippen LogP contribution in [0.15, 0.2) is 29.1 Å². The Labute approximate surface area is 167 Å². The summed E-state index contributed by atoms with van der Waals surface area (Å²) in [5.41, 5.74) is 3.53. The number of H-pyrrole nitrogens is 1. The molecule has 1 aliphatic carbocycles. The number of nitrogens with one attached hydrogen (secondary N) is 1. The molecule has 2 aromatic heterocycles. The molecule has 3 heterocycles. The lowest BCUT2D eigenvalue weighted by molar-refractivity contribution is 0.241. The number of aromatic amines is 1. The van der Waals surface area contributed by atoms with Crippen LogP contribution in [0.25, 0.3) is 10.9 Å². The molecule has 7 heteroatoms. The Bertz CT molecular complexity index is 1120. The minimum atomic E-state index is 0.00377. The highest BCUT2D eigenvalue weighted by molar-refractivity contribution is 6.30. The van der Waals surface area contributed by atoms with Crippen LogP contribution in [0.3, 0.4) is 0 Å². The lowest BCUT2D eigenvalue weighted by Crippen LogP contribution is -2.35. The number of fused-ring (bicyclic) bond motifs is 2. The van der Waals surface area contributed by atoms with Crippen molar-refractivity contribution in [1.82, 2.24) is 19.9 Å². The molecule has 1 N–H and O–H groups in total. The van der Waals surface area contributed by atoms with Gasteiger partial charge in [-0.2, -0.15) is 0 Å². The Balaban J connectivity index is 1.41. The smallest absolute Gasteiger partial charge is 0.255 e. The van der Waals surface area contributed by atoms with E-state index < -0.39 is 0 Å². The van der Waals surface area contributed by atoms with Crippen molar-refractivity contribution in [2.45, 2.75) is 38.3 Å². The fourth-order valence-corrected chi connectivity index (χ4v) is 4.04. The quantitative estimate of drug-likeness (QED) is 0.684. The van der Waals surface area contributed by atoms with E-state index in [9.17, 15) is 4.79 Å². The van der Waals surface area contributed by atoms with E-state index in [0.717, 1.165) is 65.1 Å². The highest BCUT2D eigenvalue weighted by Gasteiger charge is 2.29. The number of hydrogen-bond donors (Lipinski definition) is 1. The first-order valence-corrected chi connectivity index (χ1v) is 9.96. The fraction of sp³-hybridized carbons (Fsp3) is 0.381. The zero-order valence-electron chi connectivity index (χ0n) is 15.7. The maximum Gasteiger partial charge on any atom is 0.255 e. The molecule has 0 radical (unpaired) electrons. The fourth-order valence-electron chi connectivity index (χ4n) is 3.84. The van der Waals surface area contributed by atoms with Gasteiger partial charge in [0.05, 0.1) is 23.9 Å². The lowest BCUT2D eigenvalue weighted by Gasteiger charge is -2.28. The highest BCUT2D eigenvalue weighted by Crippen LogP contribution is 2.38. The van der Waals surface area contributed by atoms with Gasteiger partial charge in [0.25, 0.3) is 5.56 Å². The lowest BCUT2D eigenvalue weighted by atomic mass is 10.1. The van der Waals surface area contributed by atoms with Crippen LogP contribution >= 0.6 is 11.6 Å². The van der Waals surface area contributed by atoms with Gasteiger partial charge in [-0.05, 0) is 37.1 Å². The summed E-state index contributed by atoms with van der Waals surface area (Å²) in [4.78, 5) is 27.0. The van der Waals surface area contributed by atoms with Gasteiger partial charge in [-0.1, -0.05) is 11.6 Å². The molecule has 1 aliphatic heterocycles. The molecule has 3 aromatic rings. The van der Waals surface area contributed by atoms with E-state index in [-0.39, 0.29) is 5.56 Å². The Morgan fingerprint density at radius 2 is 2.14 bits per heavy atom. The van der Waals surface area contributed by atoms with Gasteiger partial charge in [0.1, 0.15) is 16.7 Å². The summed E-state index contributed by atoms with van der Waals surface area (Å²) in [5, 5.41) is 1.49. The molecular formula is C21H21ClN4O2. The average molecular weight is 397 g/mol. The van der Waals surface area contributed by atoms with E-state index in [2.05, 4.69) is 20.9 Å². The second-order valence-corrected chi connectivity index (χ2v) is 7.97. The largest absolute Gasteiger partial charge is 0.497 e. The summed E-state index contributed by atoms with van der Waals surface area (Å²) >= 11 is 6.44. The predicted molar refractivity (Wildman–Crippen MR) is 108 cm³/mol. The van der Waals surface area contributed by atoms with Crippen LogP contribution < -0.4 is 10.3 Å². The minimum absolute atomic E-state index is 0.00377. The van der Waals surface area contributed by atoms with Crippen molar-refractivity contribution in [3.05, 3.63) is 62.4 Å². The van der Waals surface area contributed by atoms with E-state index in [1.807, 2.05) is 18.2 Å². The second kappa shape index (κ2) is 6.87. The Morgan fingerprint density at radius 1 is 1.29 bits per heavy atom. The van der Waals surface area contributed by atoms with Crippen LogP contribution in [0.4, 0.5) is 0 Å². The third-order valence-electron chi connectivity index (χ3n) is 5.57. The van der Waals surface area contributed by atoms with Gasteiger partial charge >= 0.3 is 0 Å². The Hall–Kier alpha value is -2.44. The number of ether oxygens (including phenoxy) is 1. The topological polar surface area (TPSA) is 71.1 Å². The summed E-state index contributed by atoms with van der Waals surface area (Å²) in [6.07, 6.45) is 3.05. The molecule has 0 spiro atoms. The number of nitrogens with zero attached hydrogens (tertiary/aromatic N) is 3. The predicted octanol–water partition coefficient (Wildman–Crippen LogP) is 3.42. The molecule has 0 bridgehead atoms. The van der Waals surface area contributed by atoms with Gasteiger partial charge in [-0.25, -0.2) is 9.97 Å². The van der Waals surface area contributed by atoms with Gasteiger partial charge in [-0.3, -0.25) is 9.69 Å². The first kappa shape index (κ1) is 17.6. The number of hydrogen-bond acceptors (Lipinski definition) is 5. The van der Waals surface area contributed by atoms with E-state index in [1.165, 1.54) is 0 Å². The molecule has 0 amide bonds. The van der Waals surface area contributed by atoms with Crippen LogP contribution in [-0.4, -0.2) is 33.5 Å². The van der Waals surface area contributed by atoms with Crippen LogP contribution in [0.2, 0.25) is 5.15 Å². The molecule has 144 valence electrons. The number of methoxy groups -OCH3 is 1. The highest BCUT2D eigenvalue weighted by atomic mass is 35.5. The summed E-state index contributed by atoms with van der Waals surface area (Å²) in [5.74, 6) is 2.11. The Morgan fingerprint density at radius 3 is 2.93 bits per heavy atom.